The predicted molar refractivity (Wildman–Crippen MR) is 114 cm³/mol. The lowest BCUT2D eigenvalue weighted by Gasteiger charge is -2.30. The van der Waals surface area contributed by atoms with Crippen molar-refractivity contribution in [3.8, 4) is 11.5 Å². The van der Waals surface area contributed by atoms with Gasteiger partial charge in [-0.2, -0.15) is 0 Å². The first-order chi connectivity index (χ1) is 14.4. The highest BCUT2D eigenvalue weighted by molar-refractivity contribution is 7.96. The summed E-state index contributed by atoms with van der Waals surface area (Å²) in [6.45, 7) is 1.10. The summed E-state index contributed by atoms with van der Waals surface area (Å²) in [5.41, 5.74) is 0.977. The molecular formula is C21H21ClN2O5S. The molecule has 158 valence electrons. The zero-order chi connectivity index (χ0) is 21.5. The van der Waals surface area contributed by atoms with Crippen LogP contribution in [0, 0.1) is 0 Å². The zero-order valence-electron chi connectivity index (χ0n) is 16.6. The number of amides is 1. The highest BCUT2D eigenvalue weighted by atomic mass is 35.5. The first-order valence-electron chi connectivity index (χ1n) is 9.44. The third-order valence-electron chi connectivity index (χ3n) is 5.26. The summed E-state index contributed by atoms with van der Waals surface area (Å²) in [6, 6.07) is 9.71. The van der Waals surface area contributed by atoms with E-state index in [1.54, 1.807) is 34.1 Å². The SMILES string of the molecule is COc1ccc(N2C=C(C(=O)N3CCCC3)S(=O)(=O)c3ccc(Cl)cc32)cc1OC. The molecule has 4 rings (SSSR count). The van der Waals surface area contributed by atoms with E-state index in [1.807, 2.05) is 0 Å². The molecule has 1 fully saturated rings. The van der Waals surface area contributed by atoms with E-state index in [1.165, 1.54) is 32.6 Å². The molecule has 1 amide bonds. The van der Waals surface area contributed by atoms with Crippen LogP contribution in [0.25, 0.3) is 0 Å². The molecule has 2 aliphatic rings. The minimum Gasteiger partial charge on any atom is -0.493 e. The van der Waals surface area contributed by atoms with E-state index in [-0.39, 0.29) is 9.80 Å². The molecule has 30 heavy (non-hydrogen) atoms. The van der Waals surface area contributed by atoms with Crippen LogP contribution in [0.4, 0.5) is 11.4 Å². The van der Waals surface area contributed by atoms with Crippen LogP contribution in [0.2, 0.25) is 5.02 Å². The molecule has 0 N–H and O–H groups in total. The number of hydrogen-bond acceptors (Lipinski definition) is 6. The Bertz CT molecular complexity index is 1140. The first-order valence-corrected chi connectivity index (χ1v) is 11.3. The summed E-state index contributed by atoms with van der Waals surface area (Å²) in [6.07, 6.45) is 3.10. The van der Waals surface area contributed by atoms with Crippen LogP contribution in [0.1, 0.15) is 12.8 Å². The van der Waals surface area contributed by atoms with Crippen molar-refractivity contribution >= 4 is 38.7 Å². The number of carbonyl (C=O) groups excluding carboxylic acids is 1. The lowest BCUT2D eigenvalue weighted by atomic mass is 10.2. The number of benzene rings is 2. The van der Waals surface area contributed by atoms with Gasteiger partial charge in [0.15, 0.2) is 16.4 Å². The van der Waals surface area contributed by atoms with Crippen LogP contribution in [0.3, 0.4) is 0 Å². The maximum absolute atomic E-state index is 13.3. The molecule has 0 radical (unpaired) electrons. The Labute approximate surface area is 180 Å². The van der Waals surface area contributed by atoms with Gasteiger partial charge in [0.1, 0.15) is 0 Å². The fraction of sp³-hybridized carbons (Fsp3) is 0.286. The zero-order valence-corrected chi connectivity index (χ0v) is 18.2. The molecule has 0 aromatic heterocycles. The van der Waals surface area contributed by atoms with Gasteiger partial charge in [-0.25, -0.2) is 8.42 Å². The van der Waals surface area contributed by atoms with Crippen LogP contribution in [-0.2, 0) is 14.6 Å². The van der Waals surface area contributed by atoms with Crippen molar-refractivity contribution in [2.45, 2.75) is 17.7 Å². The Balaban J connectivity index is 1.90. The monoisotopic (exact) mass is 448 g/mol. The number of sulfone groups is 1. The number of hydrogen-bond donors (Lipinski definition) is 0. The average Bonchev–Trinajstić information content (AvgIpc) is 3.27. The van der Waals surface area contributed by atoms with Gasteiger partial charge >= 0.3 is 0 Å². The molecule has 0 unspecified atom stereocenters. The van der Waals surface area contributed by atoms with Crippen molar-refractivity contribution in [1.29, 1.82) is 0 Å². The van der Waals surface area contributed by atoms with Gasteiger partial charge in [-0.05, 0) is 43.2 Å². The van der Waals surface area contributed by atoms with E-state index >= 15 is 0 Å². The smallest absolute Gasteiger partial charge is 0.267 e. The Morgan fingerprint density at radius 3 is 2.37 bits per heavy atom. The lowest BCUT2D eigenvalue weighted by Crippen LogP contribution is -2.35. The quantitative estimate of drug-likeness (QED) is 0.709. The summed E-state index contributed by atoms with van der Waals surface area (Å²) >= 11 is 6.17. The molecule has 9 heteroatoms. The van der Waals surface area contributed by atoms with Crippen molar-refractivity contribution in [2.24, 2.45) is 0 Å². The van der Waals surface area contributed by atoms with Crippen molar-refractivity contribution in [2.75, 3.05) is 32.2 Å². The lowest BCUT2D eigenvalue weighted by molar-refractivity contribution is -0.125. The Morgan fingerprint density at radius 1 is 1.00 bits per heavy atom. The van der Waals surface area contributed by atoms with Crippen LogP contribution >= 0.6 is 11.6 Å². The van der Waals surface area contributed by atoms with Crippen LogP contribution < -0.4 is 14.4 Å². The highest BCUT2D eigenvalue weighted by Crippen LogP contribution is 2.43. The third-order valence-corrected chi connectivity index (χ3v) is 7.27. The summed E-state index contributed by atoms with van der Waals surface area (Å²) in [5, 5.41) is 0.386. The number of rotatable bonds is 4. The molecule has 0 spiro atoms. The molecule has 1 saturated heterocycles. The van der Waals surface area contributed by atoms with Gasteiger partial charge in [0.25, 0.3) is 5.91 Å². The van der Waals surface area contributed by atoms with E-state index in [2.05, 4.69) is 0 Å². The van der Waals surface area contributed by atoms with Gasteiger partial charge < -0.3 is 19.3 Å². The molecule has 0 aliphatic carbocycles. The number of halogens is 1. The van der Waals surface area contributed by atoms with Crippen molar-refractivity contribution in [3.05, 3.63) is 52.5 Å². The maximum atomic E-state index is 13.3. The molecule has 2 aromatic carbocycles. The molecule has 0 atom stereocenters. The number of anilines is 2. The Hall–Kier alpha value is -2.71. The fourth-order valence-electron chi connectivity index (χ4n) is 3.72. The second-order valence-electron chi connectivity index (χ2n) is 7.02. The van der Waals surface area contributed by atoms with Gasteiger partial charge in [-0.1, -0.05) is 11.6 Å². The number of methoxy groups -OCH3 is 2. The Morgan fingerprint density at radius 2 is 1.70 bits per heavy atom. The van der Waals surface area contributed by atoms with E-state index in [0.29, 0.717) is 41.0 Å². The van der Waals surface area contributed by atoms with Gasteiger partial charge in [0.2, 0.25) is 9.84 Å². The minimum atomic E-state index is -3.99. The maximum Gasteiger partial charge on any atom is 0.267 e. The van der Waals surface area contributed by atoms with Crippen molar-refractivity contribution in [1.82, 2.24) is 4.90 Å². The first kappa shape index (κ1) is 20.6. The Kier molecular flexibility index (Phi) is 5.38. The van der Waals surface area contributed by atoms with Gasteiger partial charge in [0, 0.05) is 36.1 Å². The summed E-state index contributed by atoms with van der Waals surface area (Å²) < 4.78 is 37.2. The fourth-order valence-corrected chi connectivity index (χ4v) is 5.40. The number of fused-ring (bicyclic) bond motifs is 1. The molecule has 0 bridgehead atoms. The molecule has 2 heterocycles. The summed E-state index contributed by atoms with van der Waals surface area (Å²) in [4.78, 5) is 16.1. The second kappa shape index (κ2) is 7.85. The molecular weight excluding hydrogens is 428 g/mol. The average molecular weight is 449 g/mol. The molecule has 2 aliphatic heterocycles. The number of likely N-dealkylation sites (tertiary alicyclic amines) is 1. The molecule has 7 nitrogen and oxygen atoms in total. The largest absolute Gasteiger partial charge is 0.493 e. The summed E-state index contributed by atoms with van der Waals surface area (Å²) in [5.74, 6) is 0.529. The minimum absolute atomic E-state index is 0.0340. The topological polar surface area (TPSA) is 76.2 Å². The van der Waals surface area contributed by atoms with Gasteiger partial charge in [-0.3, -0.25) is 4.79 Å². The molecule has 2 aromatic rings. The number of carbonyl (C=O) groups is 1. The van der Waals surface area contributed by atoms with E-state index < -0.39 is 15.7 Å². The van der Waals surface area contributed by atoms with Crippen molar-refractivity contribution < 1.29 is 22.7 Å². The highest BCUT2D eigenvalue weighted by Gasteiger charge is 2.38. The third kappa shape index (κ3) is 3.40. The van der Waals surface area contributed by atoms with Crippen LogP contribution in [0.5, 0.6) is 11.5 Å². The standard InChI is InChI=1S/C21H21ClN2O5S/c1-28-17-7-6-15(12-18(17)29-2)24-13-20(21(25)23-9-3-4-10-23)30(26,27)19-8-5-14(22)11-16(19)24/h5-8,11-13H,3-4,9-10H2,1-2H3. The predicted octanol–water partition coefficient (Wildman–Crippen LogP) is 3.75. The van der Waals surface area contributed by atoms with Gasteiger partial charge in [-0.15, -0.1) is 0 Å². The number of ether oxygens (including phenoxy) is 2. The van der Waals surface area contributed by atoms with E-state index in [9.17, 15) is 13.2 Å². The normalized spacial score (nSPS) is 17.4. The van der Waals surface area contributed by atoms with Crippen LogP contribution in [-0.4, -0.2) is 46.5 Å². The summed E-state index contributed by atoms with van der Waals surface area (Å²) in [7, 11) is -0.938. The van der Waals surface area contributed by atoms with E-state index in [4.69, 9.17) is 21.1 Å². The number of nitrogens with zero attached hydrogens (tertiary/aromatic N) is 2. The van der Waals surface area contributed by atoms with Crippen molar-refractivity contribution in [3.63, 3.8) is 0 Å². The van der Waals surface area contributed by atoms with Gasteiger partial charge in [0.05, 0.1) is 24.8 Å². The van der Waals surface area contributed by atoms with Crippen LogP contribution in [0.15, 0.2) is 52.4 Å². The second-order valence-corrected chi connectivity index (χ2v) is 9.34. The van der Waals surface area contributed by atoms with E-state index in [0.717, 1.165) is 12.8 Å². The molecule has 0 saturated carbocycles.